The number of aryl methyl sites for hydroxylation is 3. The van der Waals surface area contributed by atoms with Crippen LogP contribution in [0.2, 0.25) is 0 Å². The number of fused-ring (bicyclic) bond motifs is 3. The van der Waals surface area contributed by atoms with Gasteiger partial charge in [0.2, 0.25) is 0 Å². The summed E-state index contributed by atoms with van der Waals surface area (Å²) in [5, 5.41) is 7.29. The minimum absolute atomic E-state index is 0. The summed E-state index contributed by atoms with van der Waals surface area (Å²) in [7, 11) is 0. The molecular weight excluding hydrogens is 796 g/mol. The average Bonchev–Trinajstić information content (AvgIpc) is 3.56. The molecular formula is C44H44N4OPt. The summed E-state index contributed by atoms with van der Waals surface area (Å²) in [6, 6.07) is 37.1. The van der Waals surface area contributed by atoms with Crippen molar-refractivity contribution >= 4 is 21.8 Å². The van der Waals surface area contributed by atoms with E-state index in [0.717, 1.165) is 68.8 Å². The van der Waals surface area contributed by atoms with E-state index in [4.69, 9.17) is 14.8 Å². The molecule has 256 valence electrons. The van der Waals surface area contributed by atoms with E-state index in [1.54, 1.807) is 0 Å². The van der Waals surface area contributed by atoms with E-state index >= 15 is 0 Å². The van der Waals surface area contributed by atoms with Gasteiger partial charge in [0.15, 0.2) is 0 Å². The Labute approximate surface area is 310 Å². The Bertz CT molecular complexity index is 2290. The van der Waals surface area contributed by atoms with E-state index in [1.807, 2.05) is 29.1 Å². The fraction of sp³-hybridized carbons (Fsp3) is 0.273. The zero-order valence-corrected chi connectivity index (χ0v) is 32.3. The summed E-state index contributed by atoms with van der Waals surface area (Å²) in [6.07, 6.45) is 6.30. The van der Waals surface area contributed by atoms with E-state index < -0.39 is 0 Å². The van der Waals surface area contributed by atoms with Crippen LogP contribution in [0.1, 0.15) is 75.0 Å². The van der Waals surface area contributed by atoms with Gasteiger partial charge in [0.25, 0.3) is 0 Å². The molecule has 0 fully saturated rings. The number of unbranched alkanes of at least 4 members (excludes halogenated alkanes) is 2. The van der Waals surface area contributed by atoms with Crippen LogP contribution in [0.25, 0.3) is 44.4 Å². The molecule has 0 aliphatic rings. The molecule has 0 N–H and O–H groups in total. The molecule has 0 radical (unpaired) electrons. The van der Waals surface area contributed by atoms with Crippen molar-refractivity contribution in [1.82, 2.24) is 19.3 Å². The zero-order chi connectivity index (χ0) is 34.3. The standard InChI is InChI=1S/C44H44N4O.Pt/c1-8-9-11-14-32-24-35(48-31(4)43(30(3)46-48)33-15-12-10-13-16-33)27-37(25-32)49-36-18-19-38-39-26-34(44(5,6)7)17-20-40(39)47(41(38)28-36)42-23-29(2)21-22-45-42;/h10,12-13,15-26H,8-9,11,14H2,1-7H3;/q-2;+2. The Balaban J connectivity index is 0.00000432. The Morgan fingerprint density at radius 1 is 0.800 bits per heavy atom. The van der Waals surface area contributed by atoms with Gasteiger partial charge in [-0.1, -0.05) is 101 Å². The third kappa shape index (κ3) is 6.94. The van der Waals surface area contributed by atoms with Crippen molar-refractivity contribution in [3.8, 4) is 34.1 Å². The number of hydrogen-bond donors (Lipinski definition) is 0. The Kier molecular flexibility index (Phi) is 10.2. The molecule has 50 heavy (non-hydrogen) atoms. The largest absolute Gasteiger partial charge is 2.00 e. The summed E-state index contributed by atoms with van der Waals surface area (Å²) < 4.78 is 10.9. The first-order valence-corrected chi connectivity index (χ1v) is 17.4. The van der Waals surface area contributed by atoms with Crippen LogP contribution in [0.5, 0.6) is 11.5 Å². The van der Waals surface area contributed by atoms with E-state index in [2.05, 4.69) is 132 Å². The molecule has 0 spiro atoms. The maximum absolute atomic E-state index is 6.66. The zero-order valence-electron chi connectivity index (χ0n) is 30.0. The molecule has 0 saturated heterocycles. The fourth-order valence-electron chi connectivity index (χ4n) is 6.83. The Hall–Kier alpha value is -4.47. The van der Waals surface area contributed by atoms with Crippen molar-refractivity contribution in [3.63, 3.8) is 0 Å². The first kappa shape index (κ1) is 35.4. The van der Waals surface area contributed by atoms with Crippen molar-refractivity contribution in [2.24, 2.45) is 0 Å². The van der Waals surface area contributed by atoms with Gasteiger partial charge < -0.3 is 9.30 Å². The summed E-state index contributed by atoms with van der Waals surface area (Å²) >= 11 is 0. The van der Waals surface area contributed by atoms with Crippen LogP contribution in [0.15, 0.2) is 91.1 Å². The predicted octanol–water partition coefficient (Wildman–Crippen LogP) is 11.4. The first-order chi connectivity index (χ1) is 23.6. The maximum Gasteiger partial charge on any atom is 2.00 e. The van der Waals surface area contributed by atoms with Gasteiger partial charge >= 0.3 is 21.1 Å². The van der Waals surface area contributed by atoms with Crippen LogP contribution in [-0.4, -0.2) is 19.3 Å². The van der Waals surface area contributed by atoms with Crippen LogP contribution in [0.3, 0.4) is 0 Å². The third-order valence-electron chi connectivity index (χ3n) is 9.41. The topological polar surface area (TPSA) is 44.9 Å². The monoisotopic (exact) mass is 839 g/mol. The average molecular weight is 840 g/mol. The molecule has 0 saturated carbocycles. The molecule has 4 aromatic carbocycles. The molecule has 7 rings (SSSR count). The number of aromatic nitrogens is 4. The molecule has 6 heteroatoms. The molecule has 3 aromatic heterocycles. The van der Waals surface area contributed by atoms with E-state index in [9.17, 15) is 0 Å². The number of rotatable bonds is 9. The Morgan fingerprint density at radius 2 is 1.60 bits per heavy atom. The van der Waals surface area contributed by atoms with Crippen LogP contribution < -0.4 is 4.74 Å². The molecule has 0 aliphatic carbocycles. The van der Waals surface area contributed by atoms with Gasteiger partial charge in [-0.15, -0.1) is 35.7 Å². The van der Waals surface area contributed by atoms with Gasteiger partial charge in [-0.05, 0) is 72.1 Å². The quantitative estimate of drug-likeness (QED) is 0.107. The van der Waals surface area contributed by atoms with Gasteiger partial charge in [-0.2, -0.15) is 16.7 Å². The Morgan fingerprint density at radius 3 is 2.34 bits per heavy atom. The second-order valence-electron chi connectivity index (χ2n) is 14.2. The molecule has 0 unspecified atom stereocenters. The van der Waals surface area contributed by atoms with Gasteiger partial charge in [-0.3, -0.25) is 4.68 Å². The molecule has 0 amide bonds. The number of ether oxygens (including phenoxy) is 1. The molecule has 5 nitrogen and oxygen atoms in total. The van der Waals surface area contributed by atoms with E-state index in [-0.39, 0.29) is 26.5 Å². The van der Waals surface area contributed by atoms with Crippen molar-refractivity contribution in [2.45, 2.75) is 79.6 Å². The predicted molar refractivity (Wildman–Crippen MR) is 201 cm³/mol. The van der Waals surface area contributed by atoms with Crippen molar-refractivity contribution in [2.75, 3.05) is 0 Å². The summed E-state index contributed by atoms with van der Waals surface area (Å²) in [4.78, 5) is 4.78. The van der Waals surface area contributed by atoms with Crippen molar-refractivity contribution in [1.29, 1.82) is 0 Å². The molecule has 0 aliphatic heterocycles. The molecule has 0 bridgehead atoms. The van der Waals surface area contributed by atoms with Crippen molar-refractivity contribution in [3.05, 3.63) is 131 Å². The molecule has 7 aromatic rings. The van der Waals surface area contributed by atoms with E-state index in [0.29, 0.717) is 11.5 Å². The third-order valence-corrected chi connectivity index (χ3v) is 9.41. The number of benzene rings is 4. The summed E-state index contributed by atoms with van der Waals surface area (Å²) in [5.74, 6) is 2.15. The summed E-state index contributed by atoms with van der Waals surface area (Å²) in [6.45, 7) is 15.3. The fourth-order valence-corrected chi connectivity index (χ4v) is 6.83. The normalized spacial score (nSPS) is 11.7. The maximum atomic E-state index is 6.66. The smallest absolute Gasteiger partial charge is 0.509 e. The van der Waals surface area contributed by atoms with Crippen molar-refractivity contribution < 1.29 is 25.8 Å². The summed E-state index contributed by atoms with van der Waals surface area (Å²) in [5.41, 5.74) is 11.0. The first-order valence-electron chi connectivity index (χ1n) is 17.4. The van der Waals surface area contributed by atoms with Crippen LogP contribution in [-0.2, 0) is 32.9 Å². The minimum Gasteiger partial charge on any atom is -0.509 e. The molecule has 3 heterocycles. The van der Waals surface area contributed by atoms with Gasteiger partial charge in [-0.25, -0.2) is 4.98 Å². The molecule has 0 atom stereocenters. The van der Waals surface area contributed by atoms with Crippen LogP contribution in [0, 0.1) is 32.9 Å². The van der Waals surface area contributed by atoms with E-state index in [1.165, 1.54) is 29.4 Å². The van der Waals surface area contributed by atoms with Crippen LogP contribution >= 0.6 is 0 Å². The second kappa shape index (κ2) is 14.4. The second-order valence-corrected chi connectivity index (χ2v) is 14.2. The number of pyridine rings is 1. The SMILES string of the molecule is CCCCCc1cc(Oc2[c-]c3c(cc2)c2cc(C(C)(C)C)ccc2n3-c2cc(C)ccn2)[c-]c(-n2nc(C)c(-c3ccccc3)c2C)c1.[Pt+2]. The van der Waals surface area contributed by atoms with Crippen LogP contribution in [0.4, 0.5) is 0 Å². The minimum atomic E-state index is 0. The van der Waals surface area contributed by atoms with Gasteiger partial charge in [0.05, 0.1) is 5.69 Å². The van der Waals surface area contributed by atoms with Gasteiger partial charge in [0, 0.05) is 34.5 Å². The number of hydrogen-bond acceptors (Lipinski definition) is 3. The number of nitrogens with zero attached hydrogens (tertiary/aromatic N) is 4. The van der Waals surface area contributed by atoms with Gasteiger partial charge in [0.1, 0.15) is 5.82 Å².